The highest BCUT2D eigenvalue weighted by molar-refractivity contribution is 7.88. The number of nitrogens with one attached hydrogen (secondary N) is 1. The van der Waals surface area contributed by atoms with Crippen LogP contribution in [0.4, 0.5) is 8.78 Å². The monoisotopic (exact) mass is 374 g/mol. The van der Waals surface area contributed by atoms with E-state index in [2.05, 4.69) is 4.72 Å². The summed E-state index contributed by atoms with van der Waals surface area (Å²) in [5.74, 6) is -2.28. The Kier molecular flexibility index (Phi) is 4.82. The number of amides is 1. The third-order valence-corrected chi connectivity index (χ3v) is 5.37. The molecular formula is C16H20F2N2O4S. The number of sulfonamides is 1. The molecule has 0 radical (unpaired) electrons. The molecule has 25 heavy (non-hydrogen) atoms. The van der Waals surface area contributed by atoms with Crippen LogP contribution in [0.3, 0.4) is 0 Å². The molecular weight excluding hydrogens is 354 g/mol. The minimum atomic E-state index is -3.22. The van der Waals surface area contributed by atoms with Gasteiger partial charge in [-0.2, -0.15) is 0 Å². The zero-order valence-corrected chi connectivity index (χ0v) is 14.6. The first-order valence-corrected chi connectivity index (χ1v) is 9.90. The molecule has 0 bridgehead atoms. The maximum absolute atomic E-state index is 13.3. The number of hydrogen-bond donors (Lipinski definition) is 1. The summed E-state index contributed by atoms with van der Waals surface area (Å²) < 4.78 is 56.8. The zero-order valence-electron chi connectivity index (χ0n) is 13.8. The third-order valence-electron chi connectivity index (χ3n) is 4.68. The molecule has 6 nitrogen and oxygen atoms in total. The van der Waals surface area contributed by atoms with Gasteiger partial charge in [-0.05, 0) is 37.0 Å². The van der Waals surface area contributed by atoms with E-state index in [4.69, 9.17) is 4.74 Å². The number of likely N-dealkylation sites (tertiary alicyclic amines) is 1. The van der Waals surface area contributed by atoms with Gasteiger partial charge in [0.25, 0.3) is 5.91 Å². The van der Waals surface area contributed by atoms with Gasteiger partial charge in [-0.3, -0.25) is 4.79 Å². The first kappa shape index (κ1) is 18.2. The number of carbonyl (C=O) groups excluding carboxylic acids is 1. The third kappa shape index (κ3) is 4.16. The van der Waals surface area contributed by atoms with Crippen LogP contribution in [0.1, 0.15) is 23.2 Å². The molecule has 9 heteroatoms. The Bertz CT molecular complexity index is 768. The fourth-order valence-corrected chi connectivity index (χ4v) is 3.74. The number of carbonyl (C=O) groups is 1. The van der Waals surface area contributed by atoms with Crippen LogP contribution in [0, 0.1) is 17.6 Å². The lowest BCUT2D eigenvalue weighted by Gasteiger charge is -2.52. The van der Waals surface area contributed by atoms with Crippen LogP contribution < -0.4 is 4.72 Å². The highest BCUT2D eigenvalue weighted by atomic mass is 32.2. The molecule has 3 rings (SSSR count). The van der Waals surface area contributed by atoms with E-state index in [-0.39, 0.29) is 17.4 Å². The highest BCUT2D eigenvalue weighted by Crippen LogP contribution is 2.36. The molecule has 2 heterocycles. The minimum absolute atomic E-state index is 0.108. The van der Waals surface area contributed by atoms with E-state index >= 15 is 0 Å². The Morgan fingerprint density at radius 2 is 2.08 bits per heavy atom. The summed E-state index contributed by atoms with van der Waals surface area (Å²) in [5.41, 5.74) is -0.296. The van der Waals surface area contributed by atoms with Gasteiger partial charge >= 0.3 is 0 Å². The van der Waals surface area contributed by atoms with Crippen LogP contribution >= 0.6 is 0 Å². The summed E-state index contributed by atoms with van der Waals surface area (Å²) >= 11 is 0. The maximum Gasteiger partial charge on any atom is 0.254 e. The van der Waals surface area contributed by atoms with E-state index in [9.17, 15) is 22.0 Å². The molecule has 1 unspecified atom stereocenters. The average molecular weight is 374 g/mol. The smallest absolute Gasteiger partial charge is 0.254 e. The molecule has 2 saturated heterocycles. The second-order valence-electron chi connectivity index (χ2n) is 6.81. The van der Waals surface area contributed by atoms with Crippen molar-refractivity contribution >= 4 is 15.9 Å². The average Bonchev–Trinajstić information content (AvgIpc) is 2.52. The summed E-state index contributed by atoms with van der Waals surface area (Å²) in [6, 6.07) is 3.10. The van der Waals surface area contributed by atoms with Gasteiger partial charge in [0.15, 0.2) is 11.6 Å². The fourth-order valence-electron chi connectivity index (χ4n) is 3.20. The lowest BCUT2D eigenvalue weighted by molar-refractivity contribution is -0.165. The van der Waals surface area contributed by atoms with Crippen molar-refractivity contribution in [2.75, 3.05) is 32.5 Å². The molecule has 1 aromatic rings. The van der Waals surface area contributed by atoms with Gasteiger partial charge in [0.05, 0.1) is 26.0 Å². The molecule has 1 atom stereocenters. The number of rotatable bonds is 4. The van der Waals surface area contributed by atoms with Crippen LogP contribution in [0.5, 0.6) is 0 Å². The molecule has 0 aliphatic carbocycles. The van der Waals surface area contributed by atoms with Crippen LogP contribution in [-0.4, -0.2) is 57.3 Å². The molecule has 2 aliphatic heterocycles. The fraction of sp³-hybridized carbons (Fsp3) is 0.562. The Balaban J connectivity index is 1.51. The molecule has 0 aromatic heterocycles. The van der Waals surface area contributed by atoms with Crippen LogP contribution in [0.15, 0.2) is 18.2 Å². The first-order valence-electron chi connectivity index (χ1n) is 8.00. The largest absolute Gasteiger partial charge is 0.371 e. The van der Waals surface area contributed by atoms with Crippen LogP contribution in [0.25, 0.3) is 0 Å². The highest BCUT2D eigenvalue weighted by Gasteiger charge is 2.48. The zero-order chi connectivity index (χ0) is 18.2. The van der Waals surface area contributed by atoms with Crippen molar-refractivity contribution in [3.8, 4) is 0 Å². The second kappa shape index (κ2) is 6.62. The number of ether oxygens (including phenoxy) is 1. The van der Waals surface area contributed by atoms with Gasteiger partial charge in [0.1, 0.15) is 5.60 Å². The van der Waals surface area contributed by atoms with Crippen molar-refractivity contribution in [1.82, 2.24) is 9.62 Å². The predicted molar refractivity (Wildman–Crippen MR) is 86.5 cm³/mol. The number of halogens is 2. The van der Waals surface area contributed by atoms with E-state index in [0.29, 0.717) is 26.2 Å². The summed E-state index contributed by atoms with van der Waals surface area (Å²) in [6.07, 6.45) is 2.65. The molecule has 138 valence electrons. The van der Waals surface area contributed by atoms with Crippen molar-refractivity contribution in [3.05, 3.63) is 35.4 Å². The van der Waals surface area contributed by atoms with Crippen LogP contribution in [-0.2, 0) is 14.8 Å². The summed E-state index contributed by atoms with van der Waals surface area (Å²) in [5, 5.41) is 0. The van der Waals surface area contributed by atoms with E-state index < -0.39 is 27.3 Å². The van der Waals surface area contributed by atoms with E-state index in [0.717, 1.165) is 31.2 Å². The maximum atomic E-state index is 13.3. The van der Waals surface area contributed by atoms with Crippen molar-refractivity contribution in [3.63, 3.8) is 0 Å². The Hall–Kier alpha value is -1.58. The topological polar surface area (TPSA) is 75.7 Å². The SMILES string of the molecule is CS(=O)(=O)NCC1CCC2(CN(C(=O)c3ccc(F)c(F)c3)C2)OC1. The second-order valence-corrected chi connectivity index (χ2v) is 8.64. The predicted octanol–water partition coefficient (Wildman–Crippen LogP) is 1.14. The lowest BCUT2D eigenvalue weighted by Crippen LogP contribution is -2.66. The molecule has 1 spiro atoms. The Morgan fingerprint density at radius 3 is 2.64 bits per heavy atom. The van der Waals surface area contributed by atoms with E-state index in [1.54, 1.807) is 4.90 Å². The summed E-state index contributed by atoms with van der Waals surface area (Å²) in [4.78, 5) is 13.8. The first-order chi connectivity index (χ1) is 11.7. The summed E-state index contributed by atoms with van der Waals surface area (Å²) in [6.45, 7) is 1.57. The van der Waals surface area contributed by atoms with Gasteiger partial charge in [-0.1, -0.05) is 0 Å². The van der Waals surface area contributed by atoms with Crippen molar-refractivity contribution in [2.45, 2.75) is 18.4 Å². The normalized spacial score (nSPS) is 22.7. The van der Waals surface area contributed by atoms with E-state index in [1.165, 1.54) is 6.07 Å². The minimum Gasteiger partial charge on any atom is -0.371 e. The van der Waals surface area contributed by atoms with Crippen molar-refractivity contribution in [1.29, 1.82) is 0 Å². The number of benzene rings is 1. The number of nitrogens with zero attached hydrogens (tertiary/aromatic N) is 1. The molecule has 1 amide bonds. The van der Waals surface area contributed by atoms with Gasteiger partial charge in [-0.25, -0.2) is 21.9 Å². The van der Waals surface area contributed by atoms with Crippen molar-refractivity contribution < 1.29 is 26.7 Å². The van der Waals surface area contributed by atoms with Gasteiger partial charge < -0.3 is 9.64 Å². The van der Waals surface area contributed by atoms with E-state index in [1.807, 2.05) is 0 Å². The van der Waals surface area contributed by atoms with Gasteiger partial charge in [0, 0.05) is 12.1 Å². The molecule has 2 aliphatic rings. The number of hydrogen-bond acceptors (Lipinski definition) is 4. The molecule has 1 aromatic carbocycles. The standard InChI is InChI=1S/C16H20F2N2O4S/c1-25(22,23)19-7-11-4-5-16(24-8-11)9-20(10-16)15(21)12-2-3-13(17)14(18)6-12/h2-3,6,11,19H,4-5,7-10H2,1H3. The molecule has 2 fully saturated rings. The van der Waals surface area contributed by atoms with Gasteiger partial charge in [0.2, 0.25) is 10.0 Å². The van der Waals surface area contributed by atoms with Gasteiger partial charge in [-0.15, -0.1) is 0 Å². The van der Waals surface area contributed by atoms with Crippen LogP contribution in [0.2, 0.25) is 0 Å². The lowest BCUT2D eigenvalue weighted by atomic mass is 9.82. The van der Waals surface area contributed by atoms with Crippen molar-refractivity contribution in [2.24, 2.45) is 5.92 Å². The quantitative estimate of drug-likeness (QED) is 0.858. The molecule has 1 N–H and O–H groups in total. The summed E-state index contributed by atoms with van der Waals surface area (Å²) in [7, 11) is -3.22. The molecule has 0 saturated carbocycles. The Labute approximate surface area is 145 Å². The Morgan fingerprint density at radius 1 is 1.36 bits per heavy atom.